The van der Waals surface area contributed by atoms with Gasteiger partial charge in [-0.3, -0.25) is 9.80 Å². The van der Waals surface area contributed by atoms with Crippen LogP contribution in [-0.4, -0.2) is 49.7 Å². The highest BCUT2D eigenvalue weighted by molar-refractivity contribution is 4.80. The molecule has 1 aliphatic rings. The minimum absolute atomic E-state index is 0.381. The lowest BCUT2D eigenvalue weighted by Crippen LogP contribution is -2.28. The highest BCUT2D eigenvalue weighted by atomic mass is 15.4. The number of nitrogens with two attached hydrogens (primary N) is 1. The molecule has 0 aliphatic carbocycles. The molecular weight excluding hydrogens is 234 g/mol. The Balaban J connectivity index is 2.26. The largest absolute Gasteiger partial charge is 0.330 e. The van der Waals surface area contributed by atoms with Crippen molar-refractivity contribution >= 4 is 0 Å². The van der Waals surface area contributed by atoms with Gasteiger partial charge in [-0.2, -0.15) is 0 Å². The van der Waals surface area contributed by atoms with E-state index in [1.54, 1.807) is 0 Å². The maximum atomic E-state index is 5.72. The zero-order chi connectivity index (χ0) is 14.5. The van der Waals surface area contributed by atoms with Crippen molar-refractivity contribution in [3.05, 3.63) is 0 Å². The van der Waals surface area contributed by atoms with Crippen LogP contribution in [0.1, 0.15) is 53.4 Å². The van der Waals surface area contributed by atoms with Crippen LogP contribution < -0.4 is 5.73 Å². The fraction of sp³-hybridized carbons (Fsp3) is 1.00. The topological polar surface area (TPSA) is 32.5 Å². The van der Waals surface area contributed by atoms with Crippen LogP contribution in [0, 0.1) is 10.8 Å². The molecule has 3 nitrogen and oxygen atoms in total. The monoisotopic (exact) mass is 269 g/mol. The van der Waals surface area contributed by atoms with E-state index < -0.39 is 0 Å². The summed E-state index contributed by atoms with van der Waals surface area (Å²) in [6, 6.07) is 0. The molecule has 0 aromatic heterocycles. The lowest BCUT2D eigenvalue weighted by molar-refractivity contribution is 0.163. The summed E-state index contributed by atoms with van der Waals surface area (Å²) in [5.74, 6) is 0. The molecule has 0 aromatic carbocycles. The van der Waals surface area contributed by atoms with Crippen molar-refractivity contribution in [1.29, 1.82) is 0 Å². The normalized spacial score (nSPS) is 19.3. The first-order valence-electron chi connectivity index (χ1n) is 7.85. The first-order chi connectivity index (χ1) is 8.74. The molecule has 0 bridgehead atoms. The summed E-state index contributed by atoms with van der Waals surface area (Å²) in [4.78, 5) is 4.97. The van der Waals surface area contributed by atoms with Gasteiger partial charge in [0.25, 0.3) is 0 Å². The predicted molar refractivity (Wildman–Crippen MR) is 84.2 cm³/mol. The van der Waals surface area contributed by atoms with E-state index in [1.807, 2.05) is 0 Å². The van der Waals surface area contributed by atoms with Crippen LogP contribution >= 0.6 is 0 Å². The van der Waals surface area contributed by atoms with Crippen LogP contribution in [0.15, 0.2) is 0 Å². The Morgan fingerprint density at radius 1 is 1.00 bits per heavy atom. The highest BCUT2D eigenvalue weighted by Crippen LogP contribution is 2.38. The standard InChI is InChI=1S/C16H35N3/c1-15(2,13-16(3,4)8-9-17)7-6-10-19-12-11-18(5)14-19/h6-14,17H2,1-5H3. The molecule has 0 radical (unpaired) electrons. The molecule has 1 saturated heterocycles. The van der Waals surface area contributed by atoms with E-state index in [9.17, 15) is 0 Å². The van der Waals surface area contributed by atoms with Crippen molar-refractivity contribution in [2.45, 2.75) is 53.4 Å². The number of rotatable bonds is 8. The van der Waals surface area contributed by atoms with Gasteiger partial charge in [0.15, 0.2) is 0 Å². The Hall–Kier alpha value is -0.120. The maximum Gasteiger partial charge on any atom is 0.0504 e. The zero-order valence-electron chi connectivity index (χ0n) is 13.8. The average molecular weight is 269 g/mol. The summed E-state index contributed by atoms with van der Waals surface area (Å²) in [5, 5.41) is 0. The summed E-state index contributed by atoms with van der Waals surface area (Å²) in [6.07, 6.45) is 5.05. The van der Waals surface area contributed by atoms with E-state index in [0.29, 0.717) is 10.8 Å². The van der Waals surface area contributed by atoms with Gasteiger partial charge >= 0.3 is 0 Å². The summed E-state index contributed by atoms with van der Waals surface area (Å²) in [6.45, 7) is 15.2. The molecular formula is C16H35N3. The molecule has 2 N–H and O–H groups in total. The minimum atomic E-state index is 0.381. The van der Waals surface area contributed by atoms with Gasteiger partial charge in [0.1, 0.15) is 0 Å². The molecule has 1 fully saturated rings. The maximum absolute atomic E-state index is 5.72. The van der Waals surface area contributed by atoms with Gasteiger partial charge < -0.3 is 5.73 Å². The van der Waals surface area contributed by atoms with Crippen molar-refractivity contribution in [3.8, 4) is 0 Å². The lowest BCUT2D eigenvalue weighted by Gasteiger charge is -2.35. The van der Waals surface area contributed by atoms with E-state index in [0.717, 1.165) is 19.6 Å². The predicted octanol–water partition coefficient (Wildman–Crippen LogP) is 2.76. The second kappa shape index (κ2) is 7.05. The molecule has 1 aliphatic heterocycles. The first-order valence-corrected chi connectivity index (χ1v) is 7.85. The SMILES string of the molecule is CN1CCN(CCCC(C)(C)CC(C)(C)CCN)C1. The minimum Gasteiger partial charge on any atom is -0.330 e. The second-order valence-electron chi connectivity index (χ2n) is 7.99. The van der Waals surface area contributed by atoms with E-state index in [2.05, 4.69) is 44.5 Å². The smallest absolute Gasteiger partial charge is 0.0504 e. The van der Waals surface area contributed by atoms with Gasteiger partial charge in [0.05, 0.1) is 6.67 Å². The molecule has 0 spiro atoms. The Bertz CT molecular complexity index is 261. The van der Waals surface area contributed by atoms with Crippen molar-refractivity contribution in [1.82, 2.24) is 9.80 Å². The van der Waals surface area contributed by atoms with Crippen molar-refractivity contribution in [3.63, 3.8) is 0 Å². The molecule has 1 rings (SSSR count). The molecule has 3 heteroatoms. The van der Waals surface area contributed by atoms with Crippen molar-refractivity contribution < 1.29 is 0 Å². The van der Waals surface area contributed by atoms with E-state index in [4.69, 9.17) is 5.73 Å². The molecule has 0 aromatic rings. The quantitative estimate of drug-likeness (QED) is 0.735. The Morgan fingerprint density at radius 3 is 2.16 bits per heavy atom. The van der Waals surface area contributed by atoms with Gasteiger partial charge in [0.2, 0.25) is 0 Å². The fourth-order valence-corrected chi connectivity index (χ4v) is 3.62. The first kappa shape index (κ1) is 16.9. The third kappa shape index (κ3) is 6.73. The van der Waals surface area contributed by atoms with Crippen LogP contribution in [0.5, 0.6) is 0 Å². The van der Waals surface area contributed by atoms with Crippen LogP contribution in [-0.2, 0) is 0 Å². The average Bonchev–Trinajstić information content (AvgIpc) is 2.61. The Morgan fingerprint density at radius 2 is 1.63 bits per heavy atom. The summed E-state index contributed by atoms with van der Waals surface area (Å²) in [7, 11) is 2.21. The number of likely N-dealkylation sites (N-methyl/N-ethyl adjacent to an activating group) is 1. The van der Waals surface area contributed by atoms with Crippen LogP contribution in [0.4, 0.5) is 0 Å². The number of nitrogens with zero attached hydrogens (tertiary/aromatic N) is 2. The van der Waals surface area contributed by atoms with Gasteiger partial charge in [-0.25, -0.2) is 0 Å². The molecule has 19 heavy (non-hydrogen) atoms. The molecule has 0 unspecified atom stereocenters. The molecule has 1 heterocycles. The van der Waals surface area contributed by atoms with Crippen molar-refractivity contribution in [2.24, 2.45) is 16.6 Å². The van der Waals surface area contributed by atoms with E-state index in [1.165, 1.54) is 38.9 Å². The summed E-state index contributed by atoms with van der Waals surface area (Å²) in [5.41, 5.74) is 6.53. The second-order valence-corrected chi connectivity index (χ2v) is 7.99. The van der Waals surface area contributed by atoms with E-state index >= 15 is 0 Å². The van der Waals surface area contributed by atoms with Crippen LogP contribution in [0.2, 0.25) is 0 Å². The van der Waals surface area contributed by atoms with Gasteiger partial charge in [0, 0.05) is 13.1 Å². The third-order valence-electron chi connectivity index (χ3n) is 4.35. The number of hydrogen-bond acceptors (Lipinski definition) is 3. The summed E-state index contributed by atoms with van der Waals surface area (Å²) >= 11 is 0. The molecule has 114 valence electrons. The van der Waals surface area contributed by atoms with Gasteiger partial charge in [-0.05, 0) is 56.7 Å². The Labute approximate surface area is 120 Å². The molecule has 0 amide bonds. The van der Waals surface area contributed by atoms with Gasteiger partial charge in [-0.1, -0.05) is 27.7 Å². The van der Waals surface area contributed by atoms with Crippen LogP contribution in [0.3, 0.4) is 0 Å². The molecule has 0 atom stereocenters. The van der Waals surface area contributed by atoms with E-state index in [-0.39, 0.29) is 0 Å². The fourth-order valence-electron chi connectivity index (χ4n) is 3.62. The third-order valence-corrected chi connectivity index (χ3v) is 4.35. The van der Waals surface area contributed by atoms with Crippen LogP contribution in [0.25, 0.3) is 0 Å². The molecule has 0 saturated carbocycles. The Kier molecular flexibility index (Phi) is 6.28. The lowest BCUT2D eigenvalue weighted by atomic mass is 9.71. The highest BCUT2D eigenvalue weighted by Gasteiger charge is 2.28. The summed E-state index contributed by atoms with van der Waals surface area (Å²) < 4.78 is 0. The number of hydrogen-bond donors (Lipinski definition) is 1. The van der Waals surface area contributed by atoms with Gasteiger partial charge in [-0.15, -0.1) is 0 Å². The van der Waals surface area contributed by atoms with Crippen molar-refractivity contribution in [2.75, 3.05) is 39.9 Å². The zero-order valence-corrected chi connectivity index (χ0v) is 13.8.